The first-order valence-corrected chi connectivity index (χ1v) is 7.80. The van der Waals surface area contributed by atoms with Crippen molar-refractivity contribution >= 4 is 17.5 Å². The van der Waals surface area contributed by atoms with Crippen LogP contribution in [0.1, 0.15) is 12.0 Å². The summed E-state index contributed by atoms with van der Waals surface area (Å²) in [5.74, 6) is -1.81. The molecular weight excluding hydrogens is 312 g/mol. The Labute approximate surface area is 139 Å². The van der Waals surface area contributed by atoms with Crippen molar-refractivity contribution in [2.75, 3.05) is 13.2 Å². The van der Waals surface area contributed by atoms with Gasteiger partial charge >= 0.3 is 0 Å². The predicted octanol–water partition coefficient (Wildman–Crippen LogP) is -0.490. The largest absolute Gasteiger partial charge is 0.508 e. The maximum atomic E-state index is 12.6. The summed E-state index contributed by atoms with van der Waals surface area (Å²) in [4.78, 5) is 36.6. The number of piperidine rings is 1. The molecule has 2 fully saturated rings. The molecule has 0 aromatic heterocycles. The number of ketones is 2. The molecule has 3 unspecified atom stereocenters. The molecule has 4 N–H and O–H groups in total. The van der Waals surface area contributed by atoms with Crippen molar-refractivity contribution in [3.8, 4) is 5.75 Å². The van der Waals surface area contributed by atoms with Gasteiger partial charge in [-0.3, -0.25) is 19.7 Å². The van der Waals surface area contributed by atoms with Crippen LogP contribution in [-0.2, 0) is 25.5 Å². The van der Waals surface area contributed by atoms with Crippen LogP contribution in [0.25, 0.3) is 0 Å². The van der Waals surface area contributed by atoms with E-state index in [2.05, 4.69) is 5.32 Å². The number of ether oxygens (including phenoxy) is 1. The Morgan fingerprint density at radius 3 is 2.75 bits per heavy atom. The lowest BCUT2D eigenvalue weighted by molar-refractivity contribution is -0.139. The molecule has 0 spiro atoms. The molecule has 0 bridgehead atoms. The quantitative estimate of drug-likeness (QED) is 0.627. The van der Waals surface area contributed by atoms with Gasteiger partial charge in [0.25, 0.3) is 0 Å². The second-order valence-electron chi connectivity index (χ2n) is 6.13. The number of rotatable bonds is 5. The number of hydrogen-bond donors (Lipinski definition) is 3. The van der Waals surface area contributed by atoms with E-state index in [0.717, 1.165) is 5.56 Å². The third-order valence-electron chi connectivity index (χ3n) is 4.71. The first-order chi connectivity index (χ1) is 11.4. The number of amides is 1. The maximum Gasteiger partial charge on any atom is 0.248 e. The standard InChI is InChI=1S/C17H19N2O5/c18-16(23)17-14(22)9-24-15(17)12(7-8-19-17)13(21)6-3-10-1-4-11(20)5-2-10/h1-2,4-6,12,15,19-20H,3,7-9H2,(H2,18,23). The number of phenolic OH excluding ortho intramolecular Hbond substituents is 1. The third kappa shape index (κ3) is 2.70. The van der Waals surface area contributed by atoms with Gasteiger partial charge in [-0.25, -0.2) is 0 Å². The summed E-state index contributed by atoms with van der Waals surface area (Å²) in [5, 5.41) is 12.1. The van der Waals surface area contributed by atoms with Crippen LogP contribution < -0.4 is 11.1 Å². The van der Waals surface area contributed by atoms with Crippen molar-refractivity contribution in [3.05, 3.63) is 36.2 Å². The summed E-state index contributed by atoms with van der Waals surface area (Å²) < 4.78 is 5.45. The summed E-state index contributed by atoms with van der Waals surface area (Å²) in [6, 6.07) is 6.56. The number of nitrogens with one attached hydrogen (secondary N) is 1. The Balaban J connectivity index is 1.71. The number of fused-ring (bicyclic) bond motifs is 1. The highest BCUT2D eigenvalue weighted by atomic mass is 16.5. The number of carbonyl (C=O) groups is 3. The van der Waals surface area contributed by atoms with Crippen LogP contribution in [-0.4, -0.2) is 47.4 Å². The normalized spacial score (nSPS) is 29.2. The second-order valence-corrected chi connectivity index (χ2v) is 6.13. The van der Waals surface area contributed by atoms with Crippen LogP contribution in [0.15, 0.2) is 24.3 Å². The number of benzene rings is 1. The minimum Gasteiger partial charge on any atom is -0.508 e. The first kappa shape index (κ1) is 16.6. The zero-order valence-corrected chi connectivity index (χ0v) is 13.0. The van der Waals surface area contributed by atoms with Gasteiger partial charge in [0.2, 0.25) is 5.91 Å². The average molecular weight is 331 g/mol. The summed E-state index contributed by atoms with van der Waals surface area (Å²) in [7, 11) is 0. The molecule has 7 nitrogen and oxygen atoms in total. The highest BCUT2D eigenvalue weighted by molar-refractivity contribution is 6.13. The fraction of sp³-hybridized carbons (Fsp3) is 0.412. The number of Topliss-reactive ketones (excluding diaryl/α,β-unsaturated/α-hetero) is 2. The molecule has 3 atom stereocenters. The highest BCUT2D eigenvalue weighted by Gasteiger charge is 2.61. The Bertz CT molecular complexity index is 672. The topological polar surface area (TPSA) is 119 Å². The van der Waals surface area contributed by atoms with Crippen molar-refractivity contribution in [2.45, 2.75) is 24.5 Å². The molecule has 1 amide bonds. The molecule has 0 saturated carbocycles. The number of nitrogens with two attached hydrogens (primary N) is 1. The smallest absolute Gasteiger partial charge is 0.248 e. The molecule has 3 rings (SSSR count). The fourth-order valence-corrected chi connectivity index (χ4v) is 3.41. The zero-order valence-electron chi connectivity index (χ0n) is 13.0. The third-order valence-corrected chi connectivity index (χ3v) is 4.71. The molecule has 1 radical (unpaired) electrons. The number of aromatic hydroxyl groups is 1. The molecule has 2 heterocycles. The average Bonchev–Trinajstić information content (AvgIpc) is 2.92. The molecule has 0 aliphatic carbocycles. The van der Waals surface area contributed by atoms with E-state index in [1.807, 2.05) is 0 Å². The van der Waals surface area contributed by atoms with Gasteiger partial charge in [0.05, 0.1) is 0 Å². The van der Waals surface area contributed by atoms with Crippen LogP contribution in [0.2, 0.25) is 0 Å². The van der Waals surface area contributed by atoms with Gasteiger partial charge in [-0.2, -0.15) is 0 Å². The molecule has 24 heavy (non-hydrogen) atoms. The van der Waals surface area contributed by atoms with Crippen LogP contribution >= 0.6 is 0 Å². The van der Waals surface area contributed by atoms with Crippen LogP contribution in [0.4, 0.5) is 0 Å². The Morgan fingerprint density at radius 2 is 2.08 bits per heavy atom. The number of carbonyl (C=O) groups excluding carboxylic acids is 3. The highest BCUT2D eigenvalue weighted by Crippen LogP contribution is 2.34. The van der Waals surface area contributed by atoms with E-state index in [1.54, 1.807) is 24.3 Å². The van der Waals surface area contributed by atoms with Crippen molar-refractivity contribution < 1.29 is 24.2 Å². The van der Waals surface area contributed by atoms with E-state index in [0.29, 0.717) is 19.4 Å². The van der Waals surface area contributed by atoms with Gasteiger partial charge in [-0.1, -0.05) is 12.1 Å². The molecule has 127 valence electrons. The summed E-state index contributed by atoms with van der Waals surface area (Å²) in [5.41, 5.74) is 4.71. The summed E-state index contributed by atoms with van der Waals surface area (Å²) in [6.07, 6.45) is 1.53. The molecule has 7 heteroatoms. The van der Waals surface area contributed by atoms with Gasteiger partial charge in [0.1, 0.15) is 24.2 Å². The molecule has 1 aromatic carbocycles. The van der Waals surface area contributed by atoms with Crippen LogP contribution in [0.5, 0.6) is 5.75 Å². The van der Waals surface area contributed by atoms with Crippen molar-refractivity contribution in [1.29, 1.82) is 0 Å². The summed E-state index contributed by atoms with van der Waals surface area (Å²) >= 11 is 0. The minimum absolute atomic E-state index is 0.160. The van der Waals surface area contributed by atoms with E-state index in [9.17, 15) is 19.5 Å². The molecule has 1 aromatic rings. The lowest BCUT2D eigenvalue weighted by Crippen LogP contribution is -2.70. The van der Waals surface area contributed by atoms with E-state index >= 15 is 0 Å². The number of hydrogen-bond acceptors (Lipinski definition) is 6. The van der Waals surface area contributed by atoms with Gasteiger partial charge in [-0.05, 0) is 37.1 Å². The maximum absolute atomic E-state index is 12.6. The second kappa shape index (κ2) is 6.33. The first-order valence-electron chi connectivity index (χ1n) is 7.80. The molecule has 2 aliphatic rings. The monoisotopic (exact) mass is 331 g/mol. The van der Waals surface area contributed by atoms with Crippen molar-refractivity contribution in [2.24, 2.45) is 11.7 Å². The SMILES string of the molecule is NC(=O)C12NCCC(C(=O)[CH]Cc3ccc(O)cc3)C1OCC2=O. The Kier molecular flexibility index (Phi) is 4.38. The van der Waals surface area contributed by atoms with Crippen LogP contribution in [0, 0.1) is 12.3 Å². The minimum atomic E-state index is -1.59. The lowest BCUT2D eigenvalue weighted by Gasteiger charge is -2.39. The molecular formula is C17H19N2O5. The predicted molar refractivity (Wildman–Crippen MR) is 83.9 cm³/mol. The van der Waals surface area contributed by atoms with Gasteiger partial charge in [-0.15, -0.1) is 0 Å². The van der Waals surface area contributed by atoms with Crippen LogP contribution in [0.3, 0.4) is 0 Å². The zero-order chi connectivity index (χ0) is 17.3. The number of primary amides is 1. The van der Waals surface area contributed by atoms with E-state index in [1.165, 1.54) is 6.42 Å². The Hall–Kier alpha value is -2.25. The van der Waals surface area contributed by atoms with Crippen molar-refractivity contribution in [3.63, 3.8) is 0 Å². The van der Waals surface area contributed by atoms with E-state index in [-0.39, 0.29) is 18.1 Å². The summed E-state index contributed by atoms with van der Waals surface area (Å²) in [6.45, 7) is 0.125. The lowest BCUT2D eigenvalue weighted by atomic mass is 9.75. The van der Waals surface area contributed by atoms with Crippen molar-refractivity contribution in [1.82, 2.24) is 5.32 Å². The Morgan fingerprint density at radius 1 is 1.38 bits per heavy atom. The number of phenols is 1. The molecule has 2 aliphatic heterocycles. The van der Waals surface area contributed by atoms with Gasteiger partial charge < -0.3 is 15.6 Å². The fourth-order valence-electron chi connectivity index (χ4n) is 3.41. The van der Waals surface area contributed by atoms with Gasteiger partial charge in [0.15, 0.2) is 11.3 Å². The van der Waals surface area contributed by atoms with Gasteiger partial charge in [0, 0.05) is 12.3 Å². The molecule has 2 saturated heterocycles. The van der Waals surface area contributed by atoms with E-state index < -0.39 is 29.3 Å². The van der Waals surface area contributed by atoms with E-state index in [4.69, 9.17) is 10.5 Å².